The van der Waals surface area contributed by atoms with E-state index in [1.165, 1.54) is 0 Å². The van der Waals surface area contributed by atoms with Crippen molar-refractivity contribution < 1.29 is 0 Å². The Morgan fingerprint density at radius 2 is 2.11 bits per heavy atom. The van der Waals surface area contributed by atoms with Gasteiger partial charge in [0.15, 0.2) is 0 Å². The summed E-state index contributed by atoms with van der Waals surface area (Å²) in [5.74, 6) is 1.48. The van der Waals surface area contributed by atoms with Crippen molar-refractivity contribution in [2.24, 2.45) is 0 Å². The molecule has 1 aromatic rings. The van der Waals surface area contributed by atoms with Crippen molar-refractivity contribution >= 4 is 0 Å². The number of piperidine rings is 1. The summed E-state index contributed by atoms with van der Waals surface area (Å²) >= 11 is 0. The van der Waals surface area contributed by atoms with Crippen molar-refractivity contribution in [2.75, 3.05) is 13.1 Å². The normalized spacial score (nSPS) is 24.8. The molecule has 0 spiro atoms. The lowest BCUT2D eigenvalue weighted by Crippen LogP contribution is -2.33. The SMILES string of the molecule is CC1CCCc2nc(C3CCNCC3)cc(=O)n21. The van der Waals surface area contributed by atoms with E-state index in [0.29, 0.717) is 12.0 Å². The van der Waals surface area contributed by atoms with E-state index in [4.69, 9.17) is 4.98 Å². The number of hydrogen-bond acceptors (Lipinski definition) is 3. The lowest BCUT2D eigenvalue weighted by Gasteiger charge is -2.27. The van der Waals surface area contributed by atoms with Crippen LogP contribution in [0.4, 0.5) is 0 Å². The molecule has 98 valence electrons. The number of aromatic nitrogens is 2. The minimum absolute atomic E-state index is 0.153. The minimum atomic E-state index is 0.153. The molecular weight excluding hydrogens is 226 g/mol. The molecule has 1 saturated heterocycles. The molecule has 2 aliphatic rings. The van der Waals surface area contributed by atoms with Gasteiger partial charge in [-0.15, -0.1) is 0 Å². The molecule has 0 saturated carbocycles. The fourth-order valence-electron chi connectivity index (χ4n) is 3.22. The van der Waals surface area contributed by atoms with Crippen LogP contribution in [-0.4, -0.2) is 22.6 Å². The second-order valence-corrected chi connectivity index (χ2v) is 5.57. The zero-order valence-electron chi connectivity index (χ0n) is 11.0. The highest BCUT2D eigenvalue weighted by Gasteiger charge is 2.22. The Labute approximate surface area is 107 Å². The van der Waals surface area contributed by atoms with E-state index < -0.39 is 0 Å². The molecular formula is C14H21N3O. The molecule has 3 heterocycles. The van der Waals surface area contributed by atoms with Crippen LogP contribution in [0.25, 0.3) is 0 Å². The van der Waals surface area contributed by atoms with E-state index in [9.17, 15) is 4.79 Å². The molecule has 0 aliphatic carbocycles. The Kier molecular flexibility index (Phi) is 3.20. The lowest BCUT2D eigenvalue weighted by molar-refractivity contribution is 0.394. The molecule has 0 amide bonds. The molecule has 4 heteroatoms. The summed E-state index contributed by atoms with van der Waals surface area (Å²) in [6.07, 6.45) is 5.42. The second kappa shape index (κ2) is 4.84. The third-order valence-corrected chi connectivity index (χ3v) is 4.27. The van der Waals surface area contributed by atoms with E-state index >= 15 is 0 Å². The van der Waals surface area contributed by atoms with Gasteiger partial charge in [0.1, 0.15) is 5.82 Å². The summed E-state index contributed by atoms with van der Waals surface area (Å²) in [5.41, 5.74) is 1.18. The molecule has 1 aromatic heterocycles. The van der Waals surface area contributed by atoms with Crippen LogP contribution in [0.1, 0.15) is 56.1 Å². The summed E-state index contributed by atoms with van der Waals surface area (Å²) in [7, 11) is 0. The molecule has 2 aliphatic heterocycles. The first-order valence-corrected chi connectivity index (χ1v) is 7.09. The van der Waals surface area contributed by atoms with Gasteiger partial charge in [0.05, 0.1) is 5.69 Å². The average molecular weight is 247 g/mol. The van der Waals surface area contributed by atoms with Crippen LogP contribution in [0, 0.1) is 0 Å². The summed E-state index contributed by atoms with van der Waals surface area (Å²) in [5, 5.41) is 3.36. The first-order valence-electron chi connectivity index (χ1n) is 7.09. The summed E-state index contributed by atoms with van der Waals surface area (Å²) in [6, 6.07) is 2.09. The van der Waals surface area contributed by atoms with Gasteiger partial charge in [0, 0.05) is 24.4 Å². The Hall–Kier alpha value is -1.16. The van der Waals surface area contributed by atoms with E-state index in [0.717, 1.165) is 56.7 Å². The quantitative estimate of drug-likeness (QED) is 0.820. The fraction of sp³-hybridized carbons (Fsp3) is 0.714. The second-order valence-electron chi connectivity index (χ2n) is 5.57. The summed E-state index contributed by atoms with van der Waals surface area (Å²) in [6.45, 7) is 4.21. The molecule has 18 heavy (non-hydrogen) atoms. The van der Waals surface area contributed by atoms with Crippen LogP contribution >= 0.6 is 0 Å². The molecule has 1 atom stereocenters. The van der Waals surface area contributed by atoms with Crippen molar-refractivity contribution in [1.82, 2.24) is 14.9 Å². The Morgan fingerprint density at radius 1 is 1.33 bits per heavy atom. The van der Waals surface area contributed by atoms with Gasteiger partial charge in [0.25, 0.3) is 5.56 Å². The van der Waals surface area contributed by atoms with Crippen LogP contribution in [-0.2, 0) is 6.42 Å². The van der Waals surface area contributed by atoms with Gasteiger partial charge in [-0.2, -0.15) is 0 Å². The van der Waals surface area contributed by atoms with Crippen LogP contribution in [0.3, 0.4) is 0 Å². The van der Waals surface area contributed by atoms with Gasteiger partial charge in [0.2, 0.25) is 0 Å². The van der Waals surface area contributed by atoms with Crippen LogP contribution in [0.15, 0.2) is 10.9 Å². The molecule has 0 bridgehead atoms. The number of nitrogens with zero attached hydrogens (tertiary/aromatic N) is 2. The van der Waals surface area contributed by atoms with Gasteiger partial charge in [-0.25, -0.2) is 4.98 Å². The van der Waals surface area contributed by atoms with Gasteiger partial charge in [-0.1, -0.05) is 0 Å². The number of nitrogens with one attached hydrogen (secondary N) is 1. The third kappa shape index (κ3) is 2.09. The third-order valence-electron chi connectivity index (χ3n) is 4.27. The predicted octanol–water partition coefficient (Wildman–Crippen LogP) is 1.61. The van der Waals surface area contributed by atoms with Gasteiger partial charge < -0.3 is 5.32 Å². The minimum Gasteiger partial charge on any atom is -0.317 e. The standard InChI is InChI=1S/C14H21N3O/c1-10-3-2-4-13-16-12(9-14(18)17(10)13)11-5-7-15-8-6-11/h9-11,15H,2-8H2,1H3. The molecule has 4 nitrogen and oxygen atoms in total. The van der Waals surface area contributed by atoms with Crippen LogP contribution in [0.2, 0.25) is 0 Å². The van der Waals surface area contributed by atoms with E-state index in [2.05, 4.69) is 12.2 Å². The number of fused-ring (bicyclic) bond motifs is 1. The smallest absolute Gasteiger partial charge is 0.253 e. The number of aryl methyl sites for hydroxylation is 1. The van der Waals surface area contributed by atoms with E-state index in [1.54, 1.807) is 6.07 Å². The summed E-state index contributed by atoms with van der Waals surface area (Å²) < 4.78 is 1.90. The Balaban J connectivity index is 1.98. The molecule has 0 aromatic carbocycles. The first-order chi connectivity index (χ1) is 8.75. The monoisotopic (exact) mass is 247 g/mol. The zero-order chi connectivity index (χ0) is 12.5. The maximum atomic E-state index is 12.2. The predicted molar refractivity (Wildman–Crippen MR) is 71.0 cm³/mol. The Morgan fingerprint density at radius 3 is 2.89 bits per heavy atom. The first kappa shape index (κ1) is 11.9. The van der Waals surface area contributed by atoms with Crippen molar-refractivity contribution in [3.8, 4) is 0 Å². The van der Waals surface area contributed by atoms with E-state index in [1.807, 2.05) is 4.57 Å². The fourth-order valence-corrected chi connectivity index (χ4v) is 3.22. The topological polar surface area (TPSA) is 46.9 Å². The van der Waals surface area contributed by atoms with Crippen molar-refractivity contribution in [3.05, 3.63) is 27.9 Å². The van der Waals surface area contributed by atoms with Gasteiger partial charge >= 0.3 is 0 Å². The highest BCUT2D eigenvalue weighted by Crippen LogP contribution is 2.26. The highest BCUT2D eigenvalue weighted by molar-refractivity contribution is 5.13. The van der Waals surface area contributed by atoms with Gasteiger partial charge in [-0.3, -0.25) is 9.36 Å². The maximum Gasteiger partial charge on any atom is 0.253 e. The molecule has 1 N–H and O–H groups in total. The van der Waals surface area contributed by atoms with Crippen LogP contribution < -0.4 is 10.9 Å². The zero-order valence-corrected chi connectivity index (χ0v) is 11.0. The number of rotatable bonds is 1. The molecule has 1 unspecified atom stereocenters. The summed E-state index contributed by atoms with van der Waals surface area (Å²) in [4.78, 5) is 17.0. The Bertz CT molecular complexity index is 488. The molecule has 3 rings (SSSR count). The van der Waals surface area contributed by atoms with Gasteiger partial charge in [-0.05, 0) is 45.7 Å². The lowest BCUT2D eigenvalue weighted by atomic mass is 9.94. The molecule has 1 fully saturated rings. The van der Waals surface area contributed by atoms with Crippen molar-refractivity contribution in [1.29, 1.82) is 0 Å². The highest BCUT2D eigenvalue weighted by atomic mass is 16.1. The largest absolute Gasteiger partial charge is 0.317 e. The maximum absolute atomic E-state index is 12.2. The average Bonchev–Trinajstić information content (AvgIpc) is 2.39. The van der Waals surface area contributed by atoms with Crippen molar-refractivity contribution in [3.63, 3.8) is 0 Å². The number of hydrogen-bond donors (Lipinski definition) is 1. The molecule has 0 radical (unpaired) electrons. The van der Waals surface area contributed by atoms with Crippen molar-refractivity contribution in [2.45, 2.75) is 51.0 Å². The van der Waals surface area contributed by atoms with Crippen LogP contribution in [0.5, 0.6) is 0 Å². The van der Waals surface area contributed by atoms with E-state index in [-0.39, 0.29) is 5.56 Å².